The number of Topliss-reactive ketones (excluding diaryl/α,β-unsaturated/α-hetero) is 1. The maximum absolute atomic E-state index is 12.4. The molecule has 2 unspecified atom stereocenters. The fraction of sp³-hybridized carbons (Fsp3) is 0.412. The summed E-state index contributed by atoms with van der Waals surface area (Å²) in [4.78, 5) is 24.4. The van der Waals surface area contributed by atoms with Crippen molar-refractivity contribution in [2.24, 2.45) is 5.41 Å². The zero-order chi connectivity index (χ0) is 17.4. The maximum atomic E-state index is 12.4. The summed E-state index contributed by atoms with van der Waals surface area (Å²) in [5.74, 6) is -0.723. The first-order valence-corrected chi connectivity index (χ1v) is 7.37. The Morgan fingerprint density at radius 1 is 1.35 bits per heavy atom. The fourth-order valence-electron chi connectivity index (χ4n) is 2.73. The molecule has 0 amide bonds. The monoisotopic (exact) mass is 318 g/mol. The molecule has 124 valence electrons. The van der Waals surface area contributed by atoms with Crippen molar-refractivity contribution in [2.45, 2.75) is 39.4 Å². The fourth-order valence-corrected chi connectivity index (χ4v) is 2.73. The SMILES string of the molecule is CC1=CC(O)C(OC(=O)c2ccc(N)cc2N)C(C)(C)CC1=O. The molecule has 0 saturated carbocycles. The predicted molar refractivity (Wildman–Crippen MR) is 87.6 cm³/mol. The molecule has 0 saturated heterocycles. The van der Waals surface area contributed by atoms with E-state index >= 15 is 0 Å². The molecule has 0 spiro atoms. The maximum Gasteiger partial charge on any atom is 0.340 e. The van der Waals surface area contributed by atoms with Crippen molar-refractivity contribution in [1.82, 2.24) is 0 Å². The second-order valence-electron chi connectivity index (χ2n) is 6.60. The van der Waals surface area contributed by atoms with Gasteiger partial charge in [0.05, 0.1) is 5.56 Å². The average molecular weight is 318 g/mol. The average Bonchev–Trinajstić information content (AvgIpc) is 2.49. The third-order valence-corrected chi connectivity index (χ3v) is 4.09. The third-order valence-electron chi connectivity index (χ3n) is 4.09. The van der Waals surface area contributed by atoms with Crippen LogP contribution in [0, 0.1) is 5.41 Å². The molecule has 0 fully saturated rings. The number of ketones is 1. The summed E-state index contributed by atoms with van der Waals surface area (Å²) in [7, 11) is 0. The predicted octanol–water partition coefficient (Wildman–Crippen LogP) is 1.68. The Bertz CT molecular complexity index is 679. The zero-order valence-corrected chi connectivity index (χ0v) is 13.5. The quantitative estimate of drug-likeness (QED) is 0.564. The van der Waals surface area contributed by atoms with Gasteiger partial charge in [0.15, 0.2) is 5.78 Å². The number of benzene rings is 1. The van der Waals surface area contributed by atoms with Crippen LogP contribution in [0.1, 0.15) is 37.6 Å². The minimum atomic E-state index is -1.06. The van der Waals surface area contributed by atoms with Crippen molar-refractivity contribution < 1.29 is 19.4 Å². The van der Waals surface area contributed by atoms with Crippen LogP contribution in [0.2, 0.25) is 0 Å². The molecule has 1 aliphatic rings. The highest BCUT2D eigenvalue weighted by Gasteiger charge is 2.41. The Morgan fingerprint density at radius 2 is 2.00 bits per heavy atom. The number of ether oxygens (including phenoxy) is 1. The summed E-state index contributed by atoms with van der Waals surface area (Å²) in [6.07, 6.45) is -0.299. The van der Waals surface area contributed by atoms with E-state index in [4.69, 9.17) is 16.2 Å². The number of allylic oxidation sites excluding steroid dienone is 1. The third kappa shape index (κ3) is 3.53. The first-order valence-electron chi connectivity index (χ1n) is 7.37. The van der Waals surface area contributed by atoms with Crippen LogP contribution in [0.5, 0.6) is 0 Å². The van der Waals surface area contributed by atoms with Crippen LogP contribution in [0.4, 0.5) is 11.4 Å². The van der Waals surface area contributed by atoms with E-state index in [9.17, 15) is 14.7 Å². The van der Waals surface area contributed by atoms with Gasteiger partial charge in [0.2, 0.25) is 0 Å². The van der Waals surface area contributed by atoms with Crippen LogP contribution in [0.3, 0.4) is 0 Å². The highest BCUT2D eigenvalue weighted by Crippen LogP contribution is 2.35. The second-order valence-corrected chi connectivity index (χ2v) is 6.60. The van der Waals surface area contributed by atoms with Crippen LogP contribution in [-0.2, 0) is 9.53 Å². The van der Waals surface area contributed by atoms with Gasteiger partial charge in [-0.25, -0.2) is 4.79 Å². The molecule has 1 aromatic rings. The Balaban J connectivity index is 2.29. The van der Waals surface area contributed by atoms with Gasteiger partial charge in [0.25, 0.3) is 0 Å². The smallest absolute Gasteiger partial charge is 0.340 e. The highest BCUT2D eigenvalue weighted by atomic mass is 16.6. The van der Waals surface area contributed by atoms with E-state index < -0.39 is 23.6 Å². The number of hydrogen-bond donors (Lipinski definition) is 3. The number of carbonyl (C=O) groups excluding carboxylic acids is 2. The minimum absolute atomic E-state index is 0.0698. The Morgan fingerprint density at radius 3 is 2.61 bits per heavy atom. The number of hydrogen-bond acceptors (Lipinski definition) is 6. The van der Waals surface area contributed by atoms with E-state index in [0.29, 0.717) is 11.3 Å². The highest BCUT2D eigenvalue weighted by molar-refractivity contribution is 5.97. The van der Waals surface area contributed by atoms with Crippen molar-refractivity contribution in [2.75, 3.05) is 11.5 Å². The number of carbonyl (C=O) groups is 2. The summed E-state index contributed by atoms with van der Waals surface area (Å²) in [5.41, 5.74) is 12.0. The van der Waals surface area contributed by atoms with Gasteiger partial charge in [-0.1, -0.05) is 13.8 Å². The molecular formula is C17H22N2O4. The molecule has 0 heterocycles. The van der Waals surface area contributed by atoms with Crippen molar-refractivity contribution in [1.29, 1.82) is 0 Å². The van der Waals surface area contributed by atoms with Crippen LogP contribution in [0.25, 0.3) is 0 Å². The van der Waals surface area contributed by atoms with Gasteiger partial charge in [-0.3, -0.25) is 4.79 Å². The molecule has 0 radical (unpaired) electrons. The van der Waals surface area contributed by atoms with E-state index in [1.54, 1.807) is 26.8 Å². The van der Waals surface area contributed by atoms with E-state index in [1.165, 1.54) is 18.2 Å². The number of esters is 1. The van der Waals surface area contributed by atoms with Gasteiger partial charge < -0.3 is 21.3 Å². The van der Waals surface area contributed by atoms with Gasteiger partial charge in [0, 0.05) is 23.2 Å². The molecule has 1 aliphatic carbocycles. The molecule has 0 bridgehead atoms. The molecule has 1 aromatic carbocycles. The largest absolute Gasteiger partial charge is 0.455 e. The molecule has 0 aromatic heterocycles. The summed E-state index contributed by atoms with van der Waals surface area (Å²) in [5, 5.41) is 10.3. The Hall–Kier alpha value is -2.34. The molecular weight excluding hydrogens is 296 g/mol. The van der Waals surface area contributed by atoms with Crippen molar-refractivity contribution in [3.8, 4) is 0 Å². The van der Waals surface area contributed by atoms with Gasteiger partial charge in [-0.05, 0) is 36.8 Å². The summed E-state index contributed by atoms with van der Waals surface area (Å²) < 4.78 is 5.50. The topological polar surface area (TPSA) is 116 Å². The minimum Gasteiger partial charge on any atom is -0.455 e. The first-order chi connectivity index (χ1) is 10.6. The lowest BCUT2D eigenvalue weighted by molar-refractivity contribution is -0.119. The number of aliphatic hydroxyl groups excluding tert-OH is 1. The van der Waals surface area contributed by atoms with Gasteiger partial charge in [-0.2, -0.15) is 0 Å². The lowest BCUT2D eigenvalue weighted by Crippen LogP contribution is -2.42. The van der Waals surface area contributed by atoms with Crippen molar-refractivity contribution in [3.63, 3.8) is 0 Å². The normalized spacial score (nSPS) is 23.8. The van der Waals surface area contributed by atoms with Crippen molar-refractivity contribution in [3.05, 3.63) is 35.4 Å². The molecule has 23 heavy (non-hydrogen) atoms. The molecule has 0 aliphatic heterocycles. The number of rotatable bonds is 2. The van der Waals surface area contributed by atoms with E-state index in [0.717, 1.165) is 0 Å². The number of aliphatic hydroxyl groups is 1. The van der Waals surface area contributed by atoms with E-state index in [-0.39, 0.29) is 23.5 Å². The Kier molecular flexibility index (Phi) is 4.47. The van der Waals surface area contributed by atoms with E-state index in [1.807, 2.05) is 0 Å². The molecule has 2 atom stereocenters. The Labute approximate surface area is 135 Å². The number of anilines is 2. The van der Waals surface area contributed by atoms with Crippen LogP contribution in [-0.4, -0.2) is 29.1 Å². The zero-order valence-electron chi connectivity index (χ0n) is 13.5. The lowest BCUT2D eigenvalue weighted by atomic mass is 9.80. The summed E-state index contributed by atoms with van der Waals surface area (Å²) in [6.45, 7) is 5.21. The van der Waals surface area contributed by atoms with Gasteiger partial charge >= 0.3 is 5.97 Å². The van der Waals surface area contributed by atoms with E-state index in [2.05, 4.69) is 0 Å². The van der Waals surface area contributed by atoms with Crippen LogP contribution in [0.15, 0.2) is 29.8 Å². The van der Waals surface area contributed by atoms with Crippen molar-refractivity contribution >= 4 is 23.1 Å². The lowest BCUT2D eigenvalue weighted by Gasteiger charge is -2.34. The van der Waals surface area contributed by atoms with Gasteiger partial charge in [0.1, 0.15) is 12.2 Å². The number of nitrogen functional groups attached to an aromatic ring is 2. The van der Waals surface area contributed by atoms with Gasteiger partial charge in [-0.15, -0.1) is 0 Å². The standard InChI is InChI=1S/C17H22N2O4/c1-9-6-13(20)15(17(2,3)8-14(9)21)23-16(22)11-5-4-10(18)7-12(11)19/h4-7,13,15,20H,8,18-19H2,1-3H3. The summed E-state index contributed by atoms with van der Waals surface area (Å²) >= 11 is 0. The van der Waals surface area contributed by atoms with Crippen LogP contribution < -0.4 is 11.5 Å². The molecule has 2 rings (SSSR count). The summed E-state index contributed by atoms with van der Waals surface area (Å²) in [6, 6.07) is 4.50. The second kappa shape index (κ2) is 6.04. The molecule has 5 N–H and O–H groups in total. The number of nitrogens with two attached hydrogens (primary N) is 2. The first kappa shape index (κ1) is 17.0. The molecule has 6 heteroatoms. The van der Waals surface area contributed by atoms with Crippen LogP contribution >= 0.6 is 0 Å². The molecule has 6 nitrogen and oxygen atoms in total.